The van der Waals surface area contributed by atoms with Gasteiger partial charge in [0.2, 0.25) is 0 Å². The van der Waals surface area contributed by atoms with Gasteiger partial charge < -0.3 is 4.74 Å². The van der Waals surface area contributed by atoms with Gasteiger partial charge in [0, 0.05) is 17.7 Å². The third-order valence-electron chi connectivity index (χ3n) is 4.48. The summed E-state index contributed by atoms with van der Waals surface area (Å²) in [7, 11) is 0. The normalized spacial score (nSPS) is 11.6. The Balaban J connectivity index is 1.94. The maximum absolute atomic E-state index is 14.4. The summed E-state index contributed by atoms with van der Waals surface area (Å²) in [6.07, 6.45) is -3.56. The lowest BCUT2D eigenvalue weighted by molar-refractivity contribution is -0.187. The van der Waals surface area contributed by atoms with Crippen molar-refractivity contribution in [1.82, 2.24) is 0 Å². The molecule has 31 heavy (non-hydrogen) atoms. The summed E-state index contributed by atoms with van der Waals surface area (Å²) in [5.41, 5.74) is -1.76. The number of benzene rings is 3. The maximum Gasteiger partial charge on any atom is 0.429 e. The van der Waals surface area contributed by atoms with Gasteiger partial charge >= 0.3 is 6.11 Å². The third-order valence-corrected chi connectivity index (χ3v) is 4.48. The van der Waals surface area contributed by atoms with Crippen molar-refractivity contribution in [2.45, 2.75) is 25.9 Å². The van der Waals surface area contributed by atoms with Gasteiger partial charge in [0.25, 0.3) is 0 Å². The molecule has 0 heterocycles. The predicted octanol–water partition coefficient (Wildman–Crippen LogP) is 7.27. The summed E-state index contributed by atoms with van der Waals surface area (Å²) in [4.78, 5) is 0. The first-order valence-electron chi connectivity index (χ1n) is 9.03. The van der Waals surface area contributed by atoms with Gasteiger partial charge in [-0.2, -0.15) is 8.78 Å². The molecule has 1 nitrogen and oxygen atoms in total. The van der Waals surface area contributed by atoms with Crippen molar-refractivity contribution >= 4 is 0 Å². The van der Waals surface area contributed by atoms with Gasteiger partial charge in [0.05, 0.1) is 5.56 Å². The highest BCUT2D eigenvalue weighted by Crippen LogP contribution is 2.36. The largest absolute Gasteiger partial charge is 0.429 e. The van der Waals surface area contributed by atoms with E-state index in [9.17, 15) is 35.1 Å². The van der Waals surface area contributed by atoms with E-state index in [1.807, 2.05) is 0 Å². The summed E-state index contributed by atoms with van der Waals surface area (Å²) >= 11 is 0. The van der Waals surface area contributed by atoms with Crippen molar-refractivity contribution in [1.29, 1.82) is 0 Å². The molecule has 0 saturated carbocycles. The first kappa shape index (κ1) is 22.6. The molecule has 9 heteroatoms. The molecule has 0 unspecified atom stereocenters. The van der Waals surface area contributed by atoms with Gasteiger partial charge in [-0.05, 0) is 29.7 Å². The molecule has 0 aliphatic heterocycles. The number of alkyl halides is 2. The lowest BCUT2D eigenvalue weighted by Crippen LogP contribution is -2.23. The fourth-order valence-corrected chi connectivity index (χ4v) is 2.99. The van der Waals surface area contributed by atoms with E-state index in [-0.39, 0.29) is 35.2 Å². The fourth-order valence-electron chi connectivity index (χ4n) is 2.99. The summed E-state index contributed by atoms with van der Waals surface area (Å²) < 4.78 is 115. The van der Waals surface area contributed by atoms with Gasteiger partial charge in [-0.15, -0.1) is 0 Å². The number of rotatable bonds is 6. The third kappa shape index (κ3) is 4.50. The molecule has 0 N–H and O–H groups in total. The zero-order valence-electron chi connectivity index (χ0n) is 15.9. The van der Waals surface area contributed by atoms with E-state index >= 15 is 0 Å². The van der Waals surface area contributed by atoms with Crippen LogP contribution in [0.1, 0.15) is 24.5 Å². The van der Waals surface area contributed by atoms with Gasteiger partial charge in [0.15, 0.2) is 29.1 Å². The molecule has 0 bridgehead atoms. The smallest absolute Gasteiger partial charge is 0.429 e. The van der Waals surface area contributed by atoms with Crippen LogP contribution in [0.5, 0.6) is 5.75 Å². The van der Waals surface area contributed by atoms with E-state index in [4.69, 9.17) is 0 Å². The predicted molar refractivity (Wildman–Crippen MR) is 96.6 cm³/mol. The van der Waals surface area contributed by atoms with Crippen LogP contribution in [0.15, 0.2) is 42.5 Å². The molecular weight excluding hydrogens is 432 g/mol. The van der Waals surface area contributed by atoms with Crippen molar-refractivity contribution in [3.05, 3.63) is 88.5 Å². The van der Waals surface area contributed by atoms with E-state index < -0.39 is 52.3 Å². The Kier molecular flexibility index (Phi) is 6.24. The molecule has 0 saturated heterocycles. The number of hydrogen-bond donors (Lipinski definition) is 0. The van der Waals surface area contributed by atoms with Crippen molar-refractivity contribution in [2.75, 3.05) is 0 Å². The quantitative estimate of drug-likeness (QED) is 0.286. The van der Waals surface area contributed by atoms with Gasteiger partial charge in [-0.1, -0.05) is 31.5 Å². The molecule has 0 aromatic heterocycles. The van der Waals surface area contributed by atoms with E-state index in [0.717, 1.165) is 6.07 Å². The molecule has 0 aliphatic carbocycles. The SMILES string of the molecule is CCCc1ccc(-c2ccc(C(F)(F)Oc3cc(F)c(F)c(F)c3)c(F)c2)c(F)c1F. The lowest BCUT2D eigenvalue weighted by atomic mass is 9.99. The van der Waals surface area contributed by atoms with E-state index in [1.54, 1.807) is 6.92 Å². The maximum atomic E-state index is 14.4. The summed E-state index contributed by atoms with van der Waals surface area (Å²) in [5, 5.41) is 0. The number of aryl methyl sites for hydroxylation is 1. The minimum Gasteiger partial charge on any atom is -0.429 e. The second-order valence-electron chi connectivity index (χ2n) is 6.66. The summed E-state index contributed by atoms with van der Waals surface area (Å²) in [5.74, 6) is -10.4. The van der Waals surface area contributed by atoms with Gasteiger partial charge in [-0.25, -0.2) is 26.3 Å². The number of ether oxygens (including phenoxy) is 1. The first-order valence-corrected chi connectivity index (χ1v) is 9.03. The second-order valence-corrected chi connectivity index (χ2v) is 6.66. The highest BCUT2D eigenvalue weighted by atomic mass is 19.3. The molecule has 0 spiro atoms. The van der Waals surface area contributed by atoms with E-state index in [1.165, 1.54) is 12.1 Å². The molecular formula is C22H14F8O. The molecule has 0 fully saturated rings. The lowest BCUT2D eigenvalue weighted by Gasteiger charge is -2.19. The van der Waals surface area contributed by atoms with Crippen LogP contribution in [0.3, 0.4) is 0 Å². The molecule has 164 valence electrons. The Morgan fingerprint density at radius 2 is 1.39 bits per heavy atom. The van der Waals surface area contributed by atoms with E-state index in [0.29, 0.717) is 18.6 Å². The number of hydrogen-bond acceptors (Lipinski definition) is 1. The van der Waals surface area contributed by atoms with Crippen LogP contribution >= 0.6 is 0 Å². The van der Waals surface area contributed by atoms with Crippen LogP contribution in [0.2, 0.25) is 0 Å². The summed E-state index contributed by atoms with van der Waals surface area (Å²) in [6.45, 7) is 1.77. The monoisotopic (exact) mass is 446 g/mol. The van der Waals surface area contributed by atoms with Crippen LogP contribution in [0.4, 0.5) is 35.1 Å². The standard InChI is InChI=1S/C22H14F8O/c1-2-3-11-4-6-14(20(27)19(11)26)12-5-7-15(16(23)8-12)22(29,30)31-13-9-17(24)21(28)18(25)10-13/h4-10H,2-3H2,1H3. The first-order chi connectivity index (χ1) is 14.5. The minimum absolute atomic E-state index is 0.125. The Bertz CT molecular complexity index is 1100. The van der Waals surface area contributed by atoms with Crippen molar-refractivity contribution in [2.24, 2.45) is 0 Å². The molecule has 3 aromatic rings. The average Bonchev–Trinajstić information content (AvgIpc) is 2.69. The van der Waals surface area contributed by atoms with Crippen LogP contribution < -0.4 is 4.74 Å². The van der Waals surface area contributed by atoms with Crippen LogP contribution in [0, 0.1) is 34.9 Å². The van der Waals surface area contributed by atoms with Crippen molar-refractivity contribution in [3.63, 3.8) is 0 Å². The van der Waals surface area contributed by atoms with Crippen LogP contribution in [-0.4, -0.2) is 0 Å². The Morgan fingerprint density at radius 1 is 0.742 bits per heavy atom. The Hall–Kier alpha value is -3.10. The Labute approximate surface area is 171 Å². The zero-order chi connectivity index (χ0) is 22.9. The van der Waals surface area contributed by atoms with Crippen molar-refractivity contribution in [3.8, 4) is 16.9 Å². The van der Waals surface area contributed by atoms with Crippen LogP contribution in [0.25, 0.3) is 11.1 Å². The highest BCUT2D eigenvalue weighted by Gasteiger charge is 2.38. The topological polar surface area (TPSA) is 9.23 Å². The number of halogens is 8. The fraction of sp³-hybridized carbons (Fsp3) is 0.182. The molecule has 3 rings (SSSR count). The molecule has 0 amide bonds. The minimum atomic E-state index is -4.41. The van der Waals surface area contributed by atoms with Gasteiger partial charge in [-0.3, -0.25) is 0 Å². The van der Waals surface area contributed by atoms with E-state index in [2.05, 4.69) is 4.74 Å². The zero-order valence-corrected chi connectivity index (χ0v) is 15.9. The summed E-state index contributed by atoms with van der Waals surface area (Å²) in [6, 6.07) is 4.91. The Morgan fingerprint density at radius 3 is 1.97 bits per heavy atom. The second kappa shape index (κ2) is 8.56. The average molecular weight is 446 g/mol. The molecule has 0 aliphatic rings. The molecule has 3 aromatic carbocycles. The highest BCUT2D eigenvalue weighted by molar-refractivity contribution is 5.65. The van der Waals surface area contributed by atoms with Crippen LogP contribution in [-0.2, 0) is 12.5 Å². The molecule has 0 radical (unpaired) electrons. The van der Waals surface area contributed by atoms with Crippen molar-refractivity contribution < 1.29 is 39.9 Å². The molecule has 0 atom stereocenters. The van der Waals surface area contributed by atoms with Gasteiger partial charge in [0.1, 0.15) is 11.6 Å².